The first kappa shape index (κ1) is 28.9. The van der Waals surface area contributed by atoms with Crippen LogP contribution >= 0.6 is 23.2 Å². The third-order valence-corrected chi connectivity index (χ3v) is 7.07. The van der Waals surface area contributed by atoms with E-state index >= 15 is 0 Å². The Labute approximate surface area is 218 Å². The number of sulfonamides is 1. The molecule has 0 radical (unpaired) electrons. The van der Waals surface area contributed by atoms with Gasteiger partial charge in [0, 0.05) is 22.1 Å². The molecule has 0 aliphatic rings. The quantitative estimate of drug-likeness (QED) is 0.494. The minimum atomic E-state index is -3.83. The largest absolute Gasteiger partial charge is 0.350 e. The number of halogens is 2. The van der Waals surface area contributed by atoms with Crippen molar-refractivity contribution in [3.05, 3.63) is 63.6 Å². The molecule has 0 saturated heterocycles. The van der Waals surface area contributed by atoms with Crippen LogP contribution in [0.1, 0.15) is 45.2 Å². The first-order valence-corrected chi connectivity index (χ1v) is 13.8. The monoisotopic (exact) mass is 541 g/mol. The minimum absolute atomic E-state index is 0.109. The molecule has 1 atom stereocenters. The van der Waals surface area contributed by atoms with Gasteiger partial charge < -0.3 is 10.2 Å². The van der Waals surface area contributed by atoms with Gasteiger partial charge in [0.15, 0.2) is 0 Å². The second-order valence-electron chi connectivity index (χ2n) is 9.51. The predicted octanol–water partition coefficient (Wildman–Crippen LogP) is 4.79. The standard InChI is InChI=1S/C25H33Cl2N3O4S/c1-7-22(24(32)28-25(3,4)5)29(15-18-9-11-19(26)12-10-18)23(31)16-30(35(6,33)34)20-13-8-17(2)21(27)14-20/h8-14,22H,7,15-16H2,1-6H3,(H,28,32). The van der Waals surface area contributed by atoms with Gasteiger partial charge in [-0.05, 0) is 69.5 Å². The topological polar surface area (TPSA) is 86.8 Å². The molecule has 0 heterocycles. The lowest BCUT2D eigenvalue weighted by Gasteiger charge is -2.34. The molecule has 192 valence electrons. The van der Waals surface area contributed by atoms with E-state index < -0.39 is 34.1 Å². The molecule has 2 aromatic rings. The third kappa shape index (κ3) is 8.40. The van der Waals surface area contributed by atoms with Crippen LogP contribution in [0, 0.1) is 6.92 Å². The van der Waals surface area contributed by atoms with Gasteiger partial charge in [-0.2, -0.15) is 0 Å². The Kier molecular flexibility index (Phi) is 9.62. The van der Waals surface area contributed by atoms with Crippen molar-refractivity contribution in [2.24, 2.45) is 0 Å². The van der Waals surface area contributed by atoms with Crippen molar-refractivity contribution in [2.75, 3.05) is 17.1 Å². The Morgan fingerprint density at radius 3 is 2.14 bits per heavy atom. The van der Waals surface area contributed by atoms with Gasteiger partial charge in [-0.3, -0.25) is 13.9 Å². The molecule has 0 spiro atoms. The van der Waals surface area contributed by atoms with Crippen molar-refractivity contribution in [3.63, 3.8) is 0 Å². The molecule has 0 aliphatic carbocycles. The van der Waals surface area contributed by atoms with Crippen LogP contribution in [0.3, 0.4) is 0 Å². The molecule has 1 unspecified atom stereocenters. The van der Waals surface area contributed by atoms with Crippen LogP contribution in [0.2, 0.25) is 10.0 Å². The Morgan fingerprint density at radius 2 is 1.66 bits per heavy atom. The molecule has 35 heavy (non-hydrogen) atoms. The van der Waals surface area contributed by atoms with Gasteiger partial charge in [-0.1, -0.05) is 48.3 Å². The Bertz CT molecular complexity index is 1160. The van der Waals surface area contributed by atoms with Crippen molar-refractivity contribution in [1.82, 2.24) is 10.2 Å². The minimum Gasteiger partial charge on any atom is -0.350 e. The average molecular weight is 543 g/mol. The highest BCUT2D eigenvalue weighted by Crippen LogP contribution is 2.25. The molecule has 10 heteroatoms. The normalized spacial score (nSPS) is 12.7. The summed E-state index contributed by atoms with van der Waals surface area (Å²) < 4.78 is 26.3. The Balaban J connectivity index is 2.47. The van der Waals surface area contributed by atoms with Crippen molar-refractivity contribution in [3.8, 4) is 0 Å². The van der Waals surface area contributed by atoms with Crippen LogP contribution < -0.4 is 9.62 Å². The summed E-state index contributed by atoms with van der Waals surface area (Å²) in [6, 6.07) is 10.9. The van der Waals surface area contributed by atoms with Gasteiger partial charge in [-0.15, -0.1) is 0 Å². The number of nitrogens with zero attached hydrogens (tertiary/aromatic N) is 2. The van der Waals surface area contributed by atoms with Crippen molar-refractivity contribution in [2.45, 2.75) is 59.2 Å². The molecular formula is C25H33Cl2N3O4S. The summed E-state index contributed by atoms with van der Waals surface area (Å²) in [7, 11) is -3.83. The summed E-state index contributed by atoms with van der Waals surface area (Å²) in [5.41, 5.74) is 1.31. The van der Waals surface area contributed by atoms with Gasteiger partial charge >= 0.3 is 0 Å². The van der Waals surface area contributed by atoms with Crippen LogP contribution in [-0.2, 0) is 26.2 Å². The molecule has 0 fully saturated rings. The second kappa shape index (κ2) is 11.6. The van der Waals surface area contributed by atoms with E-state index in [1.54, 1.807) is 43.3 Å². The first-order chi connectivity index (χ1) is 16.1. The summed E-state index contributed by atoms with van der Waals surface area (Å²) in [6.07, 6.45) is 1.37. The van der Waals surface area contributed by atoms with E-state index in [2.05, 4.69) is 5.32 Å². The zero-order valence-electron chi connectivity index (χ0n) is 20.9. The van der Waals surface area contributed by atoms with Gasteiger partial charge in [0.2, 0.25) is 21.8 Å². The number of anilines is 1. The van der Waals surface area contributed by atoms with Crippen molar-refractivity contribution >= 4 is 50.7 Å². The fraction of sp³-hybridized carbons (Fsp3) is 0.440. The summed E-state index contributed by atoms with van der Waals surface area (Å²) in [4.78, 5) is 28.2. The number of hydrogen-bond donors (Lipinski definition) is 1. The maximum absolute atomic E-state index is 13.6. The molecule has 7 nitrogen and oxygen atoms in total. The number of amides is 2. The summed E-state index contributed by atoms with van der Waals surface area (Å²) in [6.45, 7) is 8.81. The summed E-state index contributed by atoms with van der Waals surface area (Å²) in [5, 5.41) is 3.86. The number of benzene rings is 2. The molecule has 0 aliphatic heterocycles. The lowest BCUT2D eigenvalue weighted by atomic mass is 10.1. The van der Waals surface area contributed by atoms with Crippen molar-refractivity contribution < 1.29 is 18.0 Å². The van der Waals surface area contributed by atoms with E-state index in [1.807, 2.05) is 27.7 Å². The van der Waals surface area contributed by atoms with Crippen LogP contribution in [0.15, 0.2) is 42.5 Å². The number of rotatable bonds is 9. The molecular weight excluding hydrogens is 509 g/mol. The van der Waals surface area contributed by atoms with Crippen LogP contribution in [0.25, 0.3) is 0 Å². The molecule has 1 N–H and O–H groups in total. The maximum atomic E-state index is 13.6. The fourth-order valence-corrected chi connectivity index (χ4v) is 4.65. The number of carbonyl (C=O) groups excluding carboxylic acids is 2. The van der Waals surface area contributed by atoms with E-state index in [4.69, 9.17) is 23.2 Å². The highest BCUT2D eigenvalue weighted by atomic mass is 35.5. The molecule has 0 saturated carbocycles. The molecule has 2 amide bonds. The number of aryl methyl sites for hydroxylation is 1. The van der Waals surface area contributed by atoms with E-state index in [0.717, 1.165) is 21.7 Å². The highest BCUT2D eigenvalue weighted by Gasteiger charge is 2.33. The van der Waals surface area contributed by atoms with Gasteiger partial charge in [0.25, 0.3) is 0 Å². The van der Waals surface area contributed by atoms with Gasteiger partial charge in [0.1, 0.15) is 12.6 Å². The zero-order chi connectivity index (χ0) is 26.6. The second-order valence-corrected chi connectivity index (χ2v) is 12.3. The van der Waals surface area contributed by atoms with Gasteiger partial charge in [0.05, 0.1) is 11.9 Å². The van der Waals surface area contributed by atoms with E-state index in [0.29, 0.717) is 16.5 Å². The lowest BCUT2D eigenvalue weighted by Crippen LogP contribution is -2.55. The van der Waals surface area contributed by atoms with Gasteiger partial charge in [-0.25, -0.2) is 8.42 Å². The number of carbonyl (C=O) groups is 2. The van der Waals surface area contributed by atoms with E-state index in [-0.39, 0.29) is 18.1 Å². The summed E-state index contributed by atoms with van der Waals surface area (Å²) >= 11 is 12.2. The van der Waals surface area contributed by atoms with Crippen LogP contribution in [0.5, 0.6) is 0 Å². The average Bonchev–Trinajstić information content (AvgIpc) is 2.73. The molecule has 2 rings (SSSR count). The number of hydrogen-bond acceptors (Lipinski definition) is 4. The number of nitrogens with one attached hydrogen (secondary N) is 1. The first-order valence-electron chi connectivity index (χ1n) is 11.2. The maximum Gasteiger partial charge on any atom is 0.244 e. The molecule has 0 aromatic heterocycles. The van der Waals surface area contributed by atoms with Crippen molar-refractivity contribution in [1.29, 1.82) is 0 Å². The molecule has 2 aromatic carbocycles. The highest BCUT2D eigenvalue weighted by molar-refractivity contribution is 7.92. The Morgan fingerprint density at radius 1 is 1.06 bits per heavy atom. The van der Waals surface area contributed by atoms with E-state index in [1.165, 1.54) is 11.0 Å². The fourth-order valence-electron chi connectivity index (χ4n) is 3.51. The SMILES string of the molecule is CCC(C(=O)NC(C)(C)C)N(Cc1ccc(Cl)cc1)C(=O)CN(c1ccc(C)c(Cl)c1)S(C)(=O)=O. The van der Waals surface area contributed by atoms with E-state index in [9.17, 15) is 18.0 Å². The summed E-state index contributed by atoms with van der Waals surface area (Å²) in [5.74, 6) is -0.829. The zero-order valence-corrected chi connectivity index (χ0v) is 23.3. The van der Waals surface area contributed by atoms with Crippen LogP contribution in [-0.4, -0.2) is 49.5 Å². The Hall–Kier alpha value is -2.29. The third-order valence-electron chi connectivity index (χ3n) is 5.27. The predicted molar refractivity (Wildman–Crippen MR) is 142 cm³/mol. The molecule has 0 bridgehead atoms. The lowest BCUT2D eigenvalue weighted by molar-refractivity contribution is -0.141. The van der Waals surface area contributed by atoms with Crippen LogP contribution in [0.4, 0.5) is 5.69 Å². The smallest absolute Gasteiger partial charge is 0.244 e.